The number of methoxy groups -OCH3 is 1. The molecule has 1 aromatic heterocycles. The van der Waals surface area contributed by atoms with Gasteiger partial charge in [-0.15, -0.1) is 0 Å². The first-order chi connectivity index (χ1) is 5.86. The predicted molar refractivity (Wildman–Crippen MR) is 45.2 cm³/mol. The van der Waals surface area contributed by atoms with Gasteiger partial charge in [-0.2, -0.15) is 0 Å². The highest BCUT2D eigenvalue weighted by Gasteiger charge is 1.95. The molecule has 0 amide bonds. The molecule has 0 N–H and O–H groups in total. The molecule has 0 aliphatic carbocycles. The lowest BCUT2D eigenvalue weighted by Gasteiger charge is -2.00. The standard InChI is InChI=1S/C9H11NO2/c1-12-9-4-5-10-8(7-9)3-2-6-11/h4-7H,2-3H2,1H3. The van der Waals surface area contributed by atoms with Gasteiger partial charge < -0.3 is 9.53 Å². The Hall–Kier alpha value is -1.38. The molecule has 0 aliphatic heterocycles. The van der Waals surface area contributed by atoms with Gasteiger partial charge in [0.1, 0.15) is 12.0 Å². The van der Waals surface area contributed by atoms with Crippen LogP contribution in [0.3, 0.4) is 0 Å². The molecule has 0 radical (unpaired) electrons. The monoisotopic (exact) mass is 165 g/mol. The summed E-state index contributed by atoms with van der Waals surface area (Å²) < 4.78 is 5.01. The molecule has 1 heterocycles. The first-order valence-corrected chi connectivity index (χ1v) is 3.79. The third-order valence-corrected chi connectivity index (χ3v) is 1.54. The van der Waals surface area contributed by atoms with E-state index in [9.17, 15) is 4.79 Å². The number of hydrogen-bond donors (Lipinski definition) is 0. The minimum absolute atomic E-state index is 0.514. The maximum absolute atomic E-state index is 10.1. The molecular weight excluding hydrogens is 154 g/mol. The SMILES string of the molecule is COc1ccnc(CCC=O)c1. The van der Waals surface area contributed by atoms with Crippen molar-refractivity contribution in [3.05, 3.63) is 24.0 Å². The van der Waals surface area contributed by atoms with E-state index in [-0.39, 0.29) is 0 Å². The Morgan fingerprint density at radius 3 is 3.17 bits per heavy atom. The zero-order valence-electron chi connectivity index (χ0n) is 6.99. The zero-order valence-corrected chi connectivity index (χ0v) is 6.99. The minimum Gasteiger partial charge on any atom is -0.497 e. The summed E-state index contributed by atoms with van der Waals surface area (Å²) in [5.74, 6) is 0.783. The van der Waals surface area contributed by atoms with E-state index in [1.165, 1.54) is 0 Å². The number of hydrogen-bond acceptors (Lipinski definition) is 3. The molecule has 12 heavy (non-hydrogen) atoms. The van der Waals surface area contributed by atoms with E-state index < -0.39 is 0 Å². The number of aryl methyl sites for hydroxylation is 1. The van der Waals surface area contributed by atoms with Gasteiger partial charge in [0.05, 0.1) is 7.11 Å². The van der Waals surface area contributed by atoms with E-state index in [0.717, 1.165) is 17.7 Å². The van der Waals surface area contributed by atoms with Gasteiger partial charge in [0.25, 0.3) is 0 Å². The number of ether oxygens (including phenoxy) is 1. The highest BCUT2D eigenvalue weighted by Crippen LogP contribution is 2.10. The molecule has 0 saturated heterocycles. The summed E-state index contributed by atoms with van der Waals surface area (Å²) in [6.07, 6.45) is 3.76. The molecular formula is C9H11NO2. The van der Waals surface area contributed by atoms with Crippen molar-refractivity contribution < 1.29 is 9.53 Å². The fraction of sp³-hybridized carbons (Fsp3) is 0.333. The third kappa shape index (κ3) is 2.34. The lowest BCUT2D eigenvalue weighted by molar-refractivity contribution is -0.107. The molecule has 1 rings (SSSR count). The lowest BCUT2D eigenvalue weighted by atomic mass is 10.2. The second kappa shape index (κ2) is 4.49. The predicted octanol–water partition coefficient (Wildman–Crippen LogP) is 1.22. The largest absolute Gasteiger partial charge is 0.497 e. The topological polar surface area (TPSA) is 39.2 Å². The summed E-state index contributed by atoms with van der Waals surface area (Å²) in [5.41, 5.74) is 0.890. The molecule has 0 unspecified atom stereocenters. The number of rotatable bonds is 4. The number of aldehydes is 1. The summed E-state index contributed by atoms with van der Waals surface area (Å²) in [4.78, 5) is 14.2. The molecule has 0 atom stereocenters. The summed E-state index contributed by atoms with van der Waals surface area (Å²) in [5, 5.41) is 0. The van der Waals surface area contributed by atoms with E-state index in [1.54, 1.807) is 19.4 Å². The van der Waals surface area contributed by atoms with Crippen LogP contribution in [-0.4, -0.2) is 18.4 Å². The van der Waals surface area contributed by atoms with Crippen LogP contribution < -0.4 is 4.74 Å². The van der Waals surface area contributed by atoms with Gasteiger partial charge in [0, 0.05) is 24.4 Å². The van der Waals surface area contributed by atoms with Gasteiger partial charge >= 0.3 is 0 Å². The van der Waals surface area contributed by atoms with E-state index in [4.69, 9.17) is 4.74 Å². The van der Waals surface area contributed by atoms with Crippen molar-refractivity contribution in [3.8, 4) is 5.75 Å². The van der Waals surface area contributed by atoms with Crippen LogP contribution >= 0.6 is 0 Å². The van der Waals surface area contributed by atoms with Crippen LogP contribution in [-0.2, 0) is 11.2 Å². The van der Waals surface area contributed by atoms with Crippen molar-refractivity contribution in [1.29, 1.82) is 0 Å². The van der Waals surface area contributed by atoms with Crippen LogP contribution in [0.1, 0.15) is 12.1 Å². The number of nitrogens with zero attached hydrogens (tertiary/aromatic N) is 1. The lowest BCUT2D eigenvalue weighted by Crippen LogP contribution is -1.91. The van der Waals surface area contributed by atoms with Crippen molar-refractivity contribution in [2.45, 2.75) is 12.8 Å². The Morgan fingerprint density at radius 1 is 1.67 bits per heavy atom. The number of carbonyl (C=O) groups is 1. The van der Waals surface area contributed by atoms with Gasteiger partial charge in [-0.1, -0.05) is 0 Å². The fourth-order valence-electron chi connectivity index (χ4n) is 0.927. The number of carbonyl (C=O) groups excluding carboxylic acids is 1. The molecule has 0 fully saturated rings. The van der Waals surface area contributed by atoms with Crippen molar-refractivity contribution >= 4 is 6.29 Å². The van der Waals surface area contributed by atoms with Crippen molar-refractivity contribution in [1.82, 2.24) is 4.98 Å². The highest BCUT2D eigenvalue weighted by atomic mass is 16.5. The van der Waals surface area contributed by atoms with Crippen LogP contribution in [0.25, 0.3) is 0 Å². The number of pyridine rings is 1. The zero-order chi connectivity index (χ0) is 8.81. The van der Waals surface area contributed by atoms with Gasteiger partial charge in [-0.3, -0.25) is 4.98 Å². The first-order valence-electron chi connectivity index (χ1n) is 3.79. The molecule has 0 aromatic carbocycles. The van der Waals surface area contributed by atoms with Crippen molar-refractivity contribution in [2.75, 3.05) is 7.11 Å². The smallest absolute Gasteiger partial charge is 0.122 e. The maximum atomic E-state index is 10.1. The van der Waals surface area contributed by atoms with E-state index in [2.05, 4.69) is 4.98 Å². The quantitative estimate of drug-likeness (QED) is 0.630. The van der Waals surface area contributed by atoms with Crippen LogP contribution in [0.15, 0.2) is 18.3 Å². The summed E-state index contributed by atoms with van der Waals surface area (Å²) in [6, 6.07) is 3.62. The average molecular weight is 165 g/mol. The summed E-state index contributed by atoms with van der Waals surface area (Å²) in [7, 11) is 1.61. The fourth-order valence-corrected chi connectivity index (χ4v) is 0.927. The van der Waals surface area contributed by atoms with E-state index in [1.807, 2.05) is 6.07 Å². The van der Waals surface area contributed by atoms with Crippen LogP contribution in [0.5, 0.6) is 5.75 Å². The maximum Gasteiger partial charge on any atom is 0.122 e. The van der Waals surface area contributed by atoms with Gasteiger partial charge in [-0.05, 0) is 12.5 Å². The van der Waals surface area contributed by atoms with Crippen molar-refractivity contribution in [3.63, 3.8) is 0 Å². The molecule has 64 valence electrons. The molecule has 3 heteroatoms. The second-order valence-electron chi connectivity index (χ2n) is 2.39. The Labute approximate surface area is 71.4 Å². The van der Waals surface area contributed by atoms with E-state index >= 15 is 0 Å². The second-order valence-corrected chi connectivity index (χ2v) is 2.39. The molecule has 0 saturated carbocycles. The number of aromatic nitrogens is 1. The normalized spacial score (nSPS) is 9.42. The summed E-state index contributed by atoms with van der Waals surface area (Å²) in [6.45, 7) is 0. The highest BCUT2D eigenvalue weighted by molar-refractivity contribution is 5.49. The average Bonchev–Trinajstić information content (AvgIpc) is 2.15. The molecule has 1 aromatic rings. The Kier molecular flexibility index (Phi) is 3.26. The minimum atomic E-state index is 0.514. The van der Waals surface area contributed by atoms with E-state index in [0.29, 0.717) is 12.8 Å². The first kappa shape index (κ1) is 8.71. The Bertz CT molecular complexity index is 260. The van der Waals surface area contributed by atoms with Gasteiger partial charge in [0.2, 0.25) is 0 Å². The van der Waals surface area contributed by atoms with Gasteiger partial charge in [0.15, 0.2) is 0 Å². The third-order valence-electron chi connectivity index (χ3n) is 1.54. The van der Waals surface area contributed by atoms with Gasteiger partial charge in [-0.25, -0.2) is 0 Å². The van der Waals surface area contributed by atoms with Crippen molar-refractivity contribution in [2.24, 2.45) is 0 Å². The Morgan fingerprint density at radius 2 is 2.50 bits per heavy atom. The van der Waals surface area contributed by atoms with Crippen LogP contribution in [0.4, 0.5) is 0 Å². The van der Waals surface area contributed by atoms with Crippen LogP contribution in [0, 0.1) is 0 Å². The molecule has 0 aliphatic rings. The Balaban J connectivity index is 2.65. The summed E-state index contributed by atoms with van der Waals surface area (Å²) >= 11 is 0. The molecule has 0 bridgehead atoms. The van der Waals surface area contributed by atoms with Crippen LogP contribution in [0.2, 0.25) is 0 Å². The molecule has 3 nitrogen and oxygen atoms in total. The molecule has 0 spiro atoms.